The average Bonchev–Trinajstić information content (AvgIpc) is 2.87. The highest BCUT2D eigenvalue weighted by molar-refractivity contribution is 7.10. The van der Waals surface area contributed by atoms with Crippen molar-refractivity contribution in [2.24, 2.45) is 0 Å². The van der Waals surface area contributed by atoms with E-state index in [0.717, 1.165) is 16.3 Å². The van der Waals surface area contributed by atoms with Gasteiger partial charge in [-0.2, -0.15) is 0 Å². The zero-order chi connectivity index (χ0) is 14.5. The van der Waals surface area contributed by atoms with Gasteiger partial charge in [0.05, 0.1) is 18.7 Å². The zero-order valence-electron chi connectivity index (χ0n) is 12.1. The number of hydrogen-bond donors (Lipinski definition) is 0. The van der Waals surface area contributed by atoms with Gasteiger partial charge in [-0.3, -0.25) is 4.79 Å². The average molecular weight is 289 g/mol. The molecule has 0 aliphatic carbocycles. The molecular formula is C16H19NO2S. The predicted molar refractivity (Wildman–Crippen MR) is 82.0 cm³/mol. The Morgan fingerprint density at radius 3 is 2.60 bits per heavy atom. The van der Waals surface area contributed by atoms with Crippen molar-refractivity contribution in [3.05, 3.63) is 40.2 Å². The lowest BCUT2D eigenvalue weighted by molar-refractivity contribution is -0.142. The van der Waals surface area contributed by atoms with E-state index in [1.807, 2.05) is 12.3 Å². The summed E-state index contributed by atoms with van der Waals surface area (Å²) >= 11 is 1.50. The molecule has 0 atom stereocenters. The summed E-state index contributed by atoms with van der Waals surface area (Å²) in [5, 5.41) is 2.78. The Morgan fingerprint density at radius 2 is 2.00 bits per heavy atom. The molecule has 0 radical (unpaired) electrons. The fourth-order valence-corrected chi connectivity index (χ4v) is 2.69. The number of carbonyl (C=O) groups is 1. The molecule has 20 heavy (non-hydrogen) atoms. The fourth-order valence-electron chi connectivity index (χ4n) is 1.90. The van der Waals surface area contributed by atoms with Crippen molar-refractivity contribution in [1.29, 1.82) is 0 Å². The summed E-state index contributed by atoms with van der Waals surface area (Å²) in [5.74, 6) is 0.308. The number of ether oxygens (including phenoxy) is 1. The molecule has 106 valence electrons. The number of thiazole rings is 1. The van der Waals surface area contributed by atoms with Crippen molar-refractivity contribution < 1.29 is 9.53 Å². The van der Waals surface area contributed by atoms with E-state index in [9.17, 15) is 4.79 Å². The van der Waals surface area contributed by atoms with Gasteiger partial charge in [-0.05, 0) is 18.4 Å². The lowest BCUT2D eigenvalue weighted by Crippen LogP contribution is -2.07. The van der Waals surface area contributed by atoms with Crippen LogP contribution >= 0.6 is 11.3 Å². The highest BCUT2D eigenvalue weighted by atomic mass is 32.1. The van der Waals surface area contributed by atoms with E-state index in [1.165, 1.54) is 16.9 Å². The Kier molecular flexibility index (Phi) is 4.90. The fraction of sp³-hybridized carbons (Fsp3) is 0.375. The molecular weight excluding hydrogens is 270 g/mol. The molecule has 0 saturated heterocycles. The molecule has 0 fully saturated rings. The topological polar surface area (TPSA) is 39.2 Å². The minimum Gasteiger partial charge on any atom is -0.466 e. The van der Waals surface area contributed by atoms with Crippen LogP contribution in [0.3, 0.4) is 0 Å². The first-order valence-corrected chi connectivity index (χ1v) is 7.68. The molecule has 1 aromatic heterocycles. The van der Waals surface area contributed by atoms with E-state index in [-0.39, 0.29) is 12.4 Å². The number of benzene rings is 1. The number of nitrogens with zero attached hydrogens (tertiary/aromatic N) is 1. The molecule has 0 spiro atoms. The van der Waals surface area contributed by atoms with E-state index in [4.69, 9.17) is 4.74 Å². The van der Waals surface area contributed by atoms with Crippen LogP contribution in [0.4, 0.5) is 0 Å². The summed E-state index contributed by atoms with van der Waals surface area (Å²) in [6.45, 7) is 6.57. The Bertz CT molecular complexity index is 572. The summed E-state index contributed by atoms with van der Waals surface area (Å²) in [7, 11) is 0. The maximum Gasteiger partial charge on any atom is 0.312 e. The van der Waals surface area contributed by atoms with Crippen LogP contribution in [-0.2, 0) is 16.0 Å². The van der Waals surface area contributed by atoms with Crippen LogP contribution in [0.5, 0.6) is 0 Å². The first-order valence-electron chi connectivity index (χ1n) is 6.80. The second-order valence-corrected chi connectivity index (χ2v) is 5.83. The van der Waals surface area contributed by atoms with Crippen LogP contribution in [0, 0.1) is 0 Å². The van der Waals surface area contributed by atoms with Crippen LogP contribution < -0.4 is 0 Å². The van der Waals surface area contributed by atoms with Crippen molar-refractivity contribution in [2.45, 2.75) is 33.1 Å². The van der Waals surface area contributed by atoms with Gasteiger partial charge < -0.3 is 4.74 Å². The molecule has 0 amide bonds. The highest BCUT2D eigenvalue weighted by Gasteiger charge is 2.10. The molecule has 2 rings (SSSR count). The molecule has 0 N–H and O–H groups in total. The Balaban J connectivity index is 2.10. The largest absolute Gasteiger partial charge is 0.466 e. The van der Waals surface area contributed by atoms with Gasteiger partial charge >= 0.3 is 5.97 Å². The number of esters is 1. The summed E-state index contributed by atoms with van der Waals surface area (Å²) in [6.07, 6.45) is 0.253. The summed E-state index contributed by atoms with van der Waals surface area (Å²) < 4.78 is 4.93. The second kappa shape index (κ2) is 6.66. The maximum atomic E-state index is 11.4. The van der Waals surface area contributed by atoms with E-state index in [1.54, 1.807) is 0 Å². The van der Waals surface area contributed by atoms with E-state index in [0.29, 0.717) is 12.5 Å². The predicted octanol–water partition coefficient (Wildman–Crippen LogP) is 4.04. The molecule has 2 aromatic rings. The van der Waals surface area contributed by atoms with Gasteiger partial charge in [0.25, 0.3) is 0 Å². The van der Waals surface area contributed by atoms with Gasteiger partial charge in [-0.25, -0.2) is 4.98 Å². The minimum absolute atomic E-state index is 0.219. The third kappa shape index (κ3) is 3.67. The SMILES string of the molecule is CCOC(=O)Cc1nc(-c2ccc(C(C)C)cc2)cs1. The number of carbonyl (C=O) groups excluding carboxylic acids is 1. The van der Waals surface area contributed by atoms with Gasteiger partial charge in [-0.15, -0.1) is 11.3 Å². The van der Waals surface area contributed by atoms with Gasteiger partial charge in [0.1, 0.15) is 5.01 Å². The second-order valence-electron chi connectivity index (χ2n) is 4.88. The first-order chi connectivity index (χ1) is 9.60. The standard InChI is InChI=1S/C16H19NO2S/c1-4-19-16(18)9-15-17-14(10-20-15)13-7-5-12(6-8-13)11(2)3/h5-8,10-11H,4,9H2,1-3H3. The van der Waals surface area contributed by atoms with E-state index in [2.05, 4.69) is 43.1 Å². The molecule has 0 saturated carbocycles. The smallest absolute Gasteiger partial charge is 0.312 e. The van der Waals surface area contributed by atoms with Crippen molar-refractivity contribution in [1.82, 2.24) is 4.98 Å². The van der Waals surface area contributed by atoms with Gasteiger partial charge in [-0.1, -0.05) is 38.1 Å². The molecule has 0 aliphatic rings. The Hall–Kier alpha value is -1.68. The lowest BCUT2D eigenvalue weighted by Gasteiger charge is -2.05. The normalized spacial score (nSPS) is 10.8. The molecule has 1 aromatic carbocycles. The molecule has 0 bridgehead atoms. The molecule has 4 heteroatoms. The molecule has 0 aliphatic heterocycles. The third-order valence-electron chi connectivity index (χ3n) is 3.03. The van der Waals surface area contributed by atoms with Crippen LogP contribution in [-0.4, -0.2) is 17.6 Å². The van der Waals surface area contributed by atoms with Gasteiger partial charge in [0, 0.05) is 10.9 Å². The van der Waals surface area contributed by atoms with Crippen molar-refractivity contribution >= 4 is 17.3 Å². The van der Waals surface area contributed by atoms with Crippen molar-refractivity contribution in [3.8, 4) is 11.3 Å². The summed E-state index contributed by atoms with van der Waals surface area (Å²) in [5.41, 5.74) is 3.32. The number of aromatic nitrogens is 1. The summed E-state index contributed by atoms with van der Waals surface area (Å²) in [4.78, 5) is 15.9. The van der Waals surface area contributed by atoms with E-state index < -0.39 is 0 Å². The van der Waals surface area contributed by atoms with E-state index >= 15 is 0 Å². The van der Waals surface area contributed by atoms with Crippen molar-refractivity contribution in [3.63, 3.8) is 0 Å². The first kappa shape index (κ1) is 14.7. The zero-order valence-corrected chi connectivity index (χ0v) is 12.9. The highest BCUT2D eigenvalue weighted by Crippen LogP contribution is 2.24. The lowest BCUT2D eigenvalue weighted by atomic mass is 10.0. The maximum absolute atomic E-state index is 11.4. The van der Waals surface area contributed by atoms with Crippen molar-refractivity contribution in [2.75, 3.05) is 6.61 Å². The molecule has 0 unspecified atom stereocenters. The Morgan fingerprint density at radius 1 is 1.30 bits per heavy atom. The van der Waals surface area contributed by atoms with Crippen LogP contribution in [0.2, 0.25) is 0 Å². The quantitative estimate of drug-likeness (QED) is 0.780. The van der Waals surface area contributed by atoms with Crippen LogP contribution in [0.15, 0.2) is 29.6 Å². The van der Waals surface area contributed by atoms with Crippen LogP contribution in [0.1, 0.15) is 37.3 Å². The van der Waals surface area contributed by atoms with Gasteiger partial charge in [0.2, 0.25) is 0 Å². The molecule has 3 nitrogen and oxygen atoms in total. The minimum atomic E-state index is -0.219. The summed E-state index contributed by atoms with van der Waals surface area (Å²) in [6, 6.07) is 8.42. The molecule has 1 heterocycles. The number of hydrogen-bond acceptors (Lipinski definition) is 4. The van der Waals surface area contributed by atoms with Crippen LogP contribution in [0.25, 0.3) is 11.3 Å². The van der Waals surface area contributed by atoms with Gasteiger partial charge in [0.15, 0.2) is 0 Å². The third-order valence-corrected chi connectivity index (χ3v) is 3.87. The Labute approximate surface area is 123 Å². The number of rotatable bonds is 5. The monoisotopic (exact) mass is 289 g/mol.